The molecule has 7 nitrogen and oxygen atoms in total. The fraction of sp³-hybridized carbons (Fsp3) is 0.400. The molecule has 2 saturated heterocycles. The standard InChI is InChI=1S/C25H27N3O4S/c1-5-18-7-9-20(33-18)22(30)27-25(12-13-32-15-25)23(31)26-17-6-8-19(16(2)14-17)28-21(29)10-11-24(28,3)4/h1,6-9,14H,10-13,15H2,2-4H3,(H,26,31)(H,27,30). The summed E-state index contributed by atoms with van der Waals surface area (Å²) in [6, 6.07) is 8.85. The highest BCUT2D eigenvalue weighted by molar-refractivity contribution is 7.14. The first-order chi connectivity index (χ1) is 15.6. The monoisotopic (exact) mass is 465 g/mol. The summed E-state index contributed by atoms with van der Waals surface area (Å²) in [5.41, 5.74) is 0.907. The predicted octanol–water partition coefficient (Wildman–Crippen LogP) is 3.47. The fourth-order valence-corrected chi connectivity index (χ4v) is 5.10. The first-order valence-electron chi connectivity index (χ1n) is 10.9. The third kappa shape index (κ3) is 4.39. The number of nitrogens with zero attached hydrogens (tertiary/aromatic N) is 1. The van der Waals surface area contributed by atoms with Crippen molar-refractivity contribution in [2.24, 2.45) is 0 Å². The Morgan fingerprint density at radius 3 is 2.58 bits per heavy atom. The van der Waals surface area contributed by atoms with Crippen LogP contribution in [-0.2, 0) is 14.3 Å². The summed E-state index contributed by atoms with van der Waals surface area (Å²) in [7, 11) is 0. The number of thiophene rings is 1. The van der Waals surface area contributed by atoms with Crippen LogP contribution in [0.4, 0.5) is 11.4 Å². The van der Waals surface area contributed by atoms with Crippen LogP contribution < -0.4 is 15.5 Å². The summed E-state index contributed by atoms with van der Waals surface area (Å²) >= 11 is 1.20. The summed E-state index contributed by atoms with van der Waals surface area (Å²) in [4.78, 5) is 41.4. The first-order valence-corrected chi connectivity index (χ1v) is 11.7. The van der Waals surface area contributed by atoms with Gasteiger partial charge >= 0.3 is 0 Å². The summed E-state index contributed by atoms with van der Waals surface area (Å²) in [5, 5.41) is 5.79. The molecule has 0 spiro atoms. The van der Waals surface area contributed by atoms with Gasteiger partial charge in [-0.15, -0.1) is 17.8 Å². The van der Waals surface area contributed by atoms with Crippen molar-refractivity contribution < 1.29 is 19.1 Å². The molecule has 2 aliphatic rings. The minimum atomic E-state index is -1.17. The van der Waals surface area contributed by atoms with Crippen LogP contribution in [-0.4, -0.2) is 42.0 Å². The molecule has 2 fully saturated rings. The quantitative estimate of drug-likeness (QED) is 0.662. The topological polar surface area (TPSA) is 87.7 Å². The van der Waals surface area contributed by atoms with Crippen molar-refractivity contribution in [3.8, 4) is 12.3 Å². The van der Waals surface area contributed by atoms with Crippen LogP contribution in [0.15, 0.2) is 30.3 Å². The van der Waals surface area contributed by atoms with Gasteiger partial charge in [-0.3, -0.25) is 14.4 Å². The Morgan fingerprint density at radius 2 is 2.00 bits per heavy atom. The van der Waals surface area contributed by atoms with Gasteiger partial charge in [0.2, 0.25) is 5.91 Å². The fourth-order valence-electron chi connectivity index (χ4n) is 4.39. The number of rotatable bonds is 5. The van der Waals surface area contributed by atoms with Gasteiger partial charge in [-0.05, 0) is 63.1 Å². The molecule has 33 heavy (non-hydrogen) atoms. The van der Waals surface area contributed by atoms with Gasteiger partial charge in [-0.2, -0.15) is 0 Å². The number of carbonyl (C=O) groups excluding carboxylic acids is 3. The second-order valence-corrected chi connectivity index (χ2v) is 10.2. The molecule has 2 N–H and O–H groups in total. The number of hydrogen-bond acceptors (Lipinski definition) is 5. The van der Waals surface area contributed by atoms with Crippen LogP contribution in [0.1, 0.15) is 53.2 Å². The van der Waals surface area contributed by atoms with Gasteiger partial charge in [0.25, 0.3) is 11.8 Å². The Morgan fingerprint density at radius 1 is 1.21 bits per heavy atom. The second-order valence-electron chi connectivity index (χ2n) is 9.14. The molecule has 0 radical (unpaired) electrons. The molecule has 3 heterocycles. The van der Waals surface area contributed by atoms with E-state index in [0.29, 0.717) is 34.9 Å². The third-order valence-corrected chi connectivity index (χ3v) is 7.30. The van der Waals surface area contributed by atoms with Gasteiger partial charge in [-0.1, -0.05) is 5.92 Å². The number of aryl methyl sites for hydroxylation is 1. The Bertz CT molecular complexity index is 1150. The minimum Gasteiger partial charge on any atom is -0.378 e. The van der Waals surface area contributed by atoms with E-state index in [1.165, 1.54) is 11.3 Å². The van der Waals surface area contributed by atoms with Gasteiger partial charge in [0.15, 0.2) is 0 Å². The van der Waals surface area contributed by atoms with Crippen molar-refractivity contribution in [3.63, 3.8) is 0 Å². The normalized spacial score (nSPS) is 21.6. The van der Waals surface area contributed by atoms with E-state index < -0.39 is 5.54 Å². The molecule has 2 aliphatic heterocycles. The molecule has 1 atom stereocenters. The molecule has 2 aromatic rings. The molecule has 1 aromatic carbocycles. The number of ether oxygens (including phenoxy) is 1. The number of anilines is 2. The highest BCUT2D eigenvalue weighted by atomic mass is 32.1. The number of amides is 3. The van der Waals surface area contributed by atoms with Gasteiger partial charge in [0, 0.05) is 36.4 Å². The van der Waals surface area contributed by atoms with Crippen molar-refractivity contribution in [2.45, 2.75) is 51.1 Å². The zero-order valence-electron chi connectivity index (χ0n) is 19.0. The molecular formula is C25H27N3O4S. The largest absolute Gasteiger partial charge is 0.378 e. The van der Waals surface area contributed by atoms with Gasteiger partial charge < -0.3 is 20.3 Å². The number of benzene rings is 1. The van der Waals surface area contributed by atoms with E-state index in [9.17, 15) is 14.4 Å². The third-order valence-electron chi connectivity index (χ3n) is 6.28. The maximum Gasteiger partial charge on any atom is 0.262 e. The lowest BCUT2D eigenvalue weighted by molar-refractivity contribution is -0.122. The number of hydrogen-bond donors (Lipinski definition) is 2. The maximum atomic E-state index is 13.3. The summed E-state index contributed by atoms with van der Waals surface area (Å²) < 4.78 is 5.48. The second kappa shape index (κ2) is 8.65. The Labute approximate surface area is 197 Å². The SMILES string of the molecule is C#Cc1ccc(C(=O)NC2(C(=O)Nc3ccc(N4C(=O)CCC4(C)C)c(C)c3)CCOC2)s1. The van der Waals surface area contributed by atoms with E-state index in [-0.39, 0.29) is 29.9 Å². The number of carbonyl (C=O) groups is 3. The minimum absolute atomic E-state index is 0.0888. The van der Waals surface area contributed by atoms with Gasteiger partial charge in [0.05, 0.1) is 16.4 Å². The van der Waals surface area contributed by atoms with Crippen LogP contribution >= 0.6 is 11.3 Å². The molecule has 0 bridgehead atoms. The average molecular weight is 466 g/mol. The Kier molecular flexibility index (Phi) is 6.04. The van der Waals surface area contributed by atoms with E-state index in [1.807, 2.05) is 24.0 Å². The highest BCUT2D eigenvalue weighted by Gasteiger charge is 2.44. The van der Waals surface area contributed by atoms with E-state index in [4.69, 9.17) is 11.2 Å². The van der Waals surface area contributed by atoms with Crippen LogP contribution in [0.25, 0.3) is 0 Å². The van der Waals surface area contributed by atoms with Gasteiger partial charge in [0.1, 0.15) is 5.54 Å². The van der Waals surface area contributed by atoms with Crippen LogP contribution in [0.2, 0.25) is 0 Å². The lowest BCUT2D eigenvalue weighted by atomic mass is 9.96. The first kappa shape index (κ1) is 23.0. The molecule has 0 aliphatic carbocycles. The van der Waals surface area contributed by atoms with E-state index in [2.05, 4.69) is 30.4 Å². The van der Waals surface area contributed by atoms with Crippen LogP contribution in [0.5, 0.6) is 0 Å². The van der Waals surface area contributed by atoms with Crippen LogP contribution in [0.3, 0.4) is 0 Å². The molecule has 8 heteroatoms. The Hall–Kier alpha value is -3.15. The lowest BCUT2D eigenvalue weighted by Gasteiger charge is -2.33. The maximum absolute atomic E-state index is 13.3. The zero-order valence-corrected chi connectivity index (χ0v) is 19.8. The van der Waals surface area contributed by atoms with Crippen molar-refractivity contribution in [3.05, 3.63) is 45.6 Å². The molecule has 0 saturated carbocycles. The Balaban J connectivity index is 1.52. The van der Waals surface area contributed by atoms with Gasteiger partial charge in [-0.25, -0.2) is 0 Å². The van der Waals surface area contributed by atoms with Crippen LogP contribution in [0, 0.1) is 19.3 Å². The van der Waals surface area contributed by atoms with Crippen molar-refractivity contribution >= 4 is 40.4 Å². The average Bonchev–Trinajstić information content (AvgIpc) is 3.49. The van der Waals surface area contributed by atoms with Crippen molar-refractivity contribution in [2.75, 3.05) is 23.4 Å². The molecule has 4 rings (SSSR count). The molecule has 3 amide bonds. The van der Waals surface area contributed by atoms with E-state index >= 15 is 0 Å². The molecule has 172 valence electrons. The van der Waals surface area contributed by atoms with E-state index in [0.717, 1.165) is 17.7 Å². The molecular weight excluding hydrogens is 438 g/mol. The summed E-state index contributed by atoms with van der Waals surface area (Å²) in [6.45, 7) is 6.49. The summed E-state index contributed by atoms with van der Waals surface area (Å²) in [5.74, 6) is 1.91. The molecule has 1 aromatic heterocycles. The molecule has 1 unspecified atom stereocenters. The number of nitrogens with one attached hydrogen (secondary N) is 2. The van der Waals surface area contributed by atoms with Crippen molar-refractivity contribution in [1.82, 2.24) is 5.32 Å². The number of terminal acetylenes is 1. The predicted molar refractivity (Wildman–Crippen MR) is 128 cm³/mol. The summed E-state index contributed by atoms with van der Waals surface area (Å²) in [6.07, 6.45) is 7.09. The smallest absolute Gasteiger partial charge is 0.262 e. The van der Waals surface area contributed by atoms with E-state index in [1.54, 1.807) is 18.2 Å². The highest BCUT2D eigenvalue weighted by Crippen LogP contribution is 2.37. The van der Waals surface area contributed by atoms with Crippen molar-refractivity contribution in [1.29, 1.82) is 0 Å². The zero-order chi connectivity index (χ0) is 23.8. The lowest BCUT2D eigenvalue weighted by Crippen LogP contribution is -2.57.